The summed E-state index contributed by atoms with van der Waals surface area (Å²) in [5.41, 5.74) is 5.97. The number of fused-ring (bicyclic) bond motifs is 1. The van der Waals surface area contributed by atoms with Crippen molar-refractivity contribution in [1.82, 2.24) is 25.2 Å². The monoisotopic (exact) mass is 419 g/mol. The van der Waals surface area contributed by atoms with Crippen molar-refractivity contribution in [2.24, 2.45) is 0 Å². The number of hydrogen-bond acceptors (Lipinski definition) is 7. The van der Waals surface area contributed by atoms with Crippen LogP contribution >= 0.6 is 11.8 Å². The van der Waals surface area contributed by atoms with Gasteiger partial charge in [-0.3, -0.25) is 4.98 Å². The number of carbonyl (C=O) groups is 1. The molecule has 7 nitrogen and oxygen atoms in total. The van der Waals surface area contributed by atoms with E-state index >= 15 is 0 Å². The number of rotatable bonds is 5. The SMILES string of the molecule is COC(=O)c1c(CSc2nnnn2-c2cc(C)ccc2C)nc2ccccc2c1C. The van der Waals surface area contributed by atoms with E-state index in [9.17, 15) is 4.79 Å². The number of thioether (sulfide) groups is 1. The molecule has 0 atom stereocenters. The Morgan fingerprint density at radius 1 is 1.13 bits per heavy atom. The standard InChI is InChI=1S/C22H21N5O2S/c1-13-9-10-14(2)19(11-13)27-22(24-25-26-27)30-12-18-20(21(28)29-4)15(3)16-7-5-6-8-17(16)23-18/h5-11H,12H2,1-4H3. The fourth-order valence-electron chi connectivity index (χ4n) is 3.42. The molecule has 0 saturated heterocycles. The molecule has 152 valence electrons. The number of benzene rings is 2. The summed E-state index contributed by atoms with van der Waals surface area (Å²) in [5.74, 6) is 0.0388. The van der Waals surface area contributed by atoms with Crippen LogP contribution in [0.5, 0.6) is 0 Å². The smallest absolute Gasteiger partial charge is 0.340 e. The molecule has 0 aliphatic heterocycles. The summed E-state index contributed by atoms with van der Waals surface area (Å²) in [6.45, 7) is 5.98. The Balaban J connectivity index is 1.72. The molecular weight excluding hydrogens is 398 g/mol. The van der Waals surface area contributed by atoms with E-state index < -0.39 is 5.97 Å². The van der Waals surface area contributed by atoms with Crippen molar-refractivity contribution in [3.63, 3.8) is 0 Å². The third-order valence-electron chi connectivity index (χ3n) is 4.99. The van der Waals surface area contributed by atoms with Crippen LogP contribution < -0.4 is 0 Å². The number of aryl methyl sites for hydroxylation is 3. The molecule has 0 saturated carbocycles. The summed E-state index contributed by atoms with van der Waals surface area (Å²) < 4.78 is 6.75. The van der Waals surface area contributed by atoms with E-state index in [0.717, 1.165) is 33.3 Å². The van der Waals surface area contributed by atoms with Gasteiger partial charge in [0.1, 0.15) is 0 Å². The summed E-state index contributed by atoms with van der Waals surface area (Å²) in [4.78, 5) is 17.3. The minimum absolute atomic E-state index is 0.393. The highest BCUT2D eigenvalue weighted by Gasteiger charge is 2.21. The van der Waals surface area contributed by atoms with Gasteiger partial charge in [0.05, 0.1) is 29.6 Å². The second kappa shape index (κ2) is 8.23. The maximum atomic E-state index is 12.5. The van der Waals surface area contributed by atoms with Crippen molar-refractivity contribution in [3.05, 3.63) is 70.4 Å². The predicted molar refractivity (Wildman–Crippen MR) is 116 cm³/mol. The molecule has 8 heteroatoms. The zero-order valence-electron chi connectivity index (χ0n) is 17.2. The van der Waals surface area contributed by atoms with Gasteiger partial charge in [0.2, 0.25) is 5.16 Å². The zero-order valence-corrected chi connectivity index (χ0v) is 18.0. The molecule has 0 aliphatic carbocycles. The maximum absolute atomic E-state index is 12.5. The summed E-state index contributed by atoms with van der Waals surface area (Å²) >= 11 is 1.43. The van der Waals surface area contributed by atoms with Gasteiger partial charge in [-0.05, 0) is 60.0 Å². The Morgan fingerprint density at radius 2 is 1.93 bits per heavy atom. The molecule has 4 aromatic rings. The van der Waals surface area contributed by atoms with Gasteiger partial charge in [0.25, 0.3) is 0 Å². The zero-order chi connectivity index (χ0) is 21.3. The molecule has 0 aliphatic rings. The molecule has 0 N–H and O–H groups in total. The third-order valence-corrected chi connectivity index (χ3v) is 5.92. The van der Waals surface area contributed by atoms with Crippen molar-refractivity contribution in [1.29, 1.82) is 0 Å². The van der Waals surface area contributed by atoms with Crippen molar-refractivity contribution in [3.8, 4) is 5.69 Å². The molecule has 0 spiro atoms. The van der Waals surface area contributed by atoms with E-state index in [4.69, 9.17) is 9.72 Å². The number of pyridine rings is 1. The highest BCUT2D eigenvalue weighted by molar-refractivity contribution is 7.98. The average molecular weight is 420 g/mol. The lowest BCUT2D eigenvalue weighted by Gasteiger charge is -2.13. The quantitative estimate of drug-likeness (QED) is 0.354. The number of nitrogens with zero attached hydrogens (tertiary/aromatic N) is 5. The first-order valence-electron chi connectivity index (χ1n) is 9.45. The average Bonchev–Trinajstić information content (AvgIpc) is 3.22. The van der Waals surface area contributed by atoms with E-state index in [1.54, 1.807) is 4.68 Å². The lowest BCUT2D eigenvalue weighted by Crippen LogP contribution is -2.11. The summed E-state index contributed by atoms with van der Waals surface area (Å²) in [7, 11) is 1.38. The Bertz CT molecular complexity index is 1250. The number of esters is 1. The largest absolute Gasteiger partial charge is 0.465 e. The summed E-state index contributed by atoms with van der Waals surface area (Å²) in [6.07, 6.45) is 0. The van der Waals surface area contributed by atoms with Gasteiger partial charge in [-0.15, -0.1) is 5.10 Å². The van der Waals surface area contributed by atoms with Gasteiger partial charge in [0.15, 0.2) is 0 Å². The number of methoxy groups -OCH3 is 1. The van der Waals surface area contributed by atoms with Crippen LogP contribution in [0, 0.1) is 20.8 Å². The maximum Gasteiger partial charge on any atom is 0.340 e. The van der Waals surface area contributed by atoms with Crippen molar-refractivity contribution in [2.75, 3.05) is 7.11 Å². The Labute approximate surface area is 178 Å². The van der Waals surface area contributed by atoms with Crippen LogP contribution in [0.3, 0.4) is 0 Å². The van der Waals surface area contributed by atoms with Crippen molar-refractivity contribution >= 4 is 28.6 Å². The normalized spacial score (nSPS) is 11.1. The van der Waals surface area contributed by atoms with Crippen LogP contribution in [-0.4, -0.2) is 38.3 Å². The second-order valence-corrected chi connectivity index (χ2v) is 7.96. The number of tetrazole rings is 1. The topological polar surface area (TPSA) is 82.8 Å². The van der Waals surface area contributed by atoms with Crippen molar-refractivity contribution < 1.29 is 9.53 Å². The number of aromatic nitrogens is 5. The number of carbonyl (C=O) groups excluding carboxylic acids is 1. The molecule has 30 heavy (non-hydrogen) atoms. The molecule has 0 unspecified atom stereocenters. The van der Waals surface area contributed by atoms with E-state index in [0.29, 0.717) is 22.2 Å². The molecule has 0 fully saturated rings. The second-order valence-electron chi connectivity index (χ2n) is 7.02. The highest BCUT2D eigenvalue weighted by atomic mass is 32.2. The number of ether oxygens (including phenoxy) is 1. The lowest BCUT2D eigenvalue weighted by atomic mass is 10.0. The molecular formula is C22H21N5O2S. The first kappa shape index (κ1) is 20.0. The molecule has 0 bridgehead atoms. The van der Waals surface area contributed by atoms with Gasteiger partial charge < -0.3 is 4.74 Å². The van der Waals surface area contributed by atoms with Gasteiger partial charge >= 0.3 is 5.97 Å². The van der Waals surface area contributed by atoms with Crippen LogP contribution in [0.25, 0.3) is 16.6 Å². The minimum atomic E-state index is -0.393. The van der Waals surface area contributed by atoms with Gasteiger partial charge in [-0.25, -0.2) is 4.79 Å². The number of para-hydroxylation sites is 1. The van der Waals surface area contributed by atoms with E-state index in [2.05, 4.69) is 21.6 Å². The van der Waals surface area contributed by atoms with Crippen LogP contribution in [0.1, 0.15) is 32.7 Å². The molecule has 4 rings (SSSR count). The van der Waals surface area contributed by atoms with Crippen LogP contribution in [0.2, 0.25) is 0 Å². The first-order valence-corrected chi connectivity index (χ1v) is 10.4. The van der Waals surface area contributed by atoms with Gasteiger partial charge in [-0.2, -0.15) is 4.68 Å². The molecule has 2 aromatic carbocycles. The fraction of sp³-hybridized carbons (Fsp3) is 0.227. The Morgan fingerprint density at radius 3 is 2.73 bits per heavy atom. The lowest BCUT2D eigenvalue weighted by molar-refractivity contribution is 0.0598. The third kappa shape index (κ3) is 3.66. The van der Waals surface area contributed by atoms with E-state index in [-0.39, 0.29) is 0 Å². The molecule has 2 aromatic heterocycles. The molecule has 0 amide bonds. The van der Waals surface area contributed by atoms with Crippen molar-refractivity contribution in [2.45, 2.75) is 31.7 Å². The van der Waals surface area contributed by atoms with E-state index in [1.807, 2.05) is 57.2 Å². The summed E-state index contributed by atoms with van der Waals surface area (Å²) in [6, 6.07) is 13.9. The van der Waals surface area contributed by atoms with E-state index in [1.165, 1.54) is 18.9 Å². The number of hydrogen-bond donors (Lipinski definition) is 0. The van der Waals surface area contributed by atoms with Gasteiger partial charge in [0, 0.05) is 11.1 Å². The Hall–Kier alpha value is -3.26. The fourth-order valence-corrected chi connectivity index (χ4v) is 4.24. The summed E-state index contributed by atoms with van der Waals surface area (Å²) in [5, 5.41) is 13.8. The minimum Gasteiger partial charge on any atom is -0.465 e. The first-order chi connectivity index (χ1) is 14.5. The van der Waals surface area contributed by atoms with Gasteiger partial charge in [-0.1, -0.05) is 42.1 Å². The molecule has 0 radical (unpaired) electrons. The van der Waals surface area contributed by atoms with Crippen LogP contribution in [0.15, 0.2) is 47.6 Å². The predicted octanol–water partition coefficient (Wildman–Crippen LogP) is 4.21. The highest BCUT2D eigenvalue weighted by Crippen LogP contribution is 2.29. The van der Waals surface area contributed by atoms with Crippen LogP contribution in [0.4, 0.5) is 0 Å². The molecule has 2 heterocycles. The Kier molecular flexibility index (Phi) is 5.50. The van der Waals surface area contributed by atoms with Crippen LogP contribution in [-0.2, 0) is 10.5 Å².